The number of hydrogen-bond donors (Lipinski definition) is 2. The van der Waals surface area contributed by atoms with E-state index in [0.717, 1.165) is 19.4 Å². The van der Waals surface area contributed by atoms with Gasteiger partial charge in [0.2, 0.25) is 5.91 Å². The van der Waals surface area contributed by atoms with Gasteiger partial charge in [0, 0.05) is 24.3 Å². The van der Waals surface area contributed by atoms with Gasteiger partial charge in [0.1, 0.15) is 5.75 Å². The molecule has 1 saturated heterocycles. The Labute approximate surface area is 130 Å². The van der Waals surface area contributed by atoms with Crippen LogP contribution in [0.4, 0.5) is 5.69 Å². The number of carbonyl (C=O) groups excluding carboxylic acids is 1. The van der Waals surface area contributed by atoms with E-state index in [-0.39, 0.29) is 11.9 Å². The molecule has 0 saturated carbocycles. The maximum atomic E-state index is 12.1. The van der Waals surface area contributed by atoms with Crippen LogP contribution < -0.4 is 15.8 Å². The van der Waals surface area contributed by atoms with Crippen molar-refractivity contribution < 1.29 is 9.53 Å². The molecule has 0 spiro atoms. The van der Waals surface area contributed by atoms with E-state index in [2.05, 4.69) is 17.1 Å². The highest BCUT2D eigenvalue weighted by Gasteiger charge is 2.24. The number of methoxy groups -OCH3 is 1. The first-order chi connectivity index (χ1) is 9.99. The summed E-state index contributed by atoms with van der Waals surface area (Å²) in [5, 5.41) is 3.34. The number of ether oxygens (including phenoxy) is 1. The zero-order valence-corrected chi connectivity index (χ0v) is 13.2. The molecule has 6 heteroatoms. The quantitative estimate of drug-likeness (QED) is 0.893. The Morgan fingerprint density at radius 3 is 2.95 bits per heavy atom. The molecule has 0 bridgehead atoms. The molecule has 2 atom stereocenters. The summed E-state index contributed by atoms with van der Waals surface area (Å²) in [6, 6.07) is 5.78. The lowest BCUT2D eigenvalue weighted by atomic mass is 9.99. The summed E-state index contributed by atoms with van der Waals surface area (Å²) in [4.78, 5) is 14.3. The number of likely N-dealkylation sites (tertiary alicyclic amines) is 1. The highest BCUT2D eigenvalue weighted by molar-refractivity contribution is 6.32. The van der Waals surface area contributed by atoms with Crippen molar-refractivity contribution in [2.75, 3.05) is 25.5 Å². The smallest absolute Gasteiger partial charge is 0.238 e. The summed E-state index contributed by atoms with van der Waals surface area (Å²) < 4.78 is 5.09. The third-order valence-electron chi connectivity index (χ3n) is 3.84. The Morgan fingerprint density at radius 1 is 1.57 bits per heavy atom. The van der Waals surface area contributed by atoms with Gasteiger partial charge >= 0.3 is 0 Å². The normalized spacial score (nSPS) is 22.9. The van der Waals surface area contributed by atoms with Gasteiger partial charge in [-0.05, 0) is 38.0 Å². The summed E-state index contributed by atoms with van der Waals surface area (Å²) >= 11 is 6.04. The molecule has 5 nitrogen and oxygen atoms in total. The van der Waals surface area contributed by atoms with Gasteiger partial charge in [-0.2, -0.15) is 0 Å². The van der Waals surface area contributed by atoms with Crippen molar-refractivity contribution in [3.8, 4) is 5.75 Å². The van der Waals surface area contributed by atoms with Gasteiger partial charge < -0.3 is 15.8 Å². The van der Waals surface area contributed by atoms with E-state index >= 15 is 0 Å². The Balaban J connectivity index is 1.91. The maximum Gasteiger partial charge on any atom is 0.238 e. The summed E-state index contributed by atoms with van der Waals surface area (Å²) in [5.41, 5.74) is 6.61. The number of piperidine rings is 1. The lowest BCUT2D eigenvalue weighted by Crippen LogP contribution is -2.48. The number of benzene rings is 1. The summed E-state index contributed by atoms with van der Waals surface area (Å²) in [5.74, 6) is 0.548. The fourth-order valence-corrected chi connectivity index (χ4v) is 2.88. The average molecular weight is 312 g/mol. The van der Waals surface area contributed by atoms with E-state index in [9.17, 15) is 4.79 Å². The third kappa shape index (κ3) is 4.33. The van der Waals surface area contributed by atoms with Crippen molar-refractivity contribution >= 4 is 23.2 Å². The molecule has 21 heavy (non-hydrogen) atoms. The number of halogens is 1. The number of amides is 1. The molecule has 1 fully saturated rings. The van der Waals surface area contributed by atoms with E-state index in [4.69, 9.17) is 22.1 Å². The van der Waals surface area contributed by atoms with Crippen molar-refractivity contribution in [1.82, 2.24) is 4.90 Å². The predicted octanol–water partition coefficient (Wildman–Crippen LogP) is 2.10. The van der Waals surface area contributed by atoms with E-state index < -0.39 is 0 Å². The standard InChI is InChI=1S/C15H22ClN3O2/c1-10-7-11(17)5-6-19(10)9-15(20)18-12-3-4-14(21-2)13(16)8-12/h3-4,8,10-11H,5-7,9,17H2,1-2H3,(H,18,20). The maximum absolute atomic E-state index is 12.1. The van der Waals surface area contributed by atoms with Gasteiger partial charge in [-0.15, -0.1) is 0 Å². The monoisotopic (exact) mass is 311 g/mol. The molecule has 0 radical (unpaired) electrons. The van der Waals surface area contributed by atoms with E-state index in [0.29, 0.717) is 29.0 Å². The predicted molar refractivity (Wildman–Crippen MR) is 84.9 cm³/mol. The lowest BCUT2D eigenvalue weighted by Gasteiger charge is -2.35. The zero-order chi connectivity index (χ0) is 15.4. The van der Waals surface area contributed by atoms with Crippen LogP contribution in [0.3, 0.4) is 0 Å². The second-order valence-corrected chi connectivity index (χ2v) is 5.91. The molecule has 0 aliphatic carbocycles. The zero-order valence-electron chi connectivity index (χ0n) is 12.4. The van der Waals surface area contributed by atoms with Crippen molar-refractivity contribution in [2.24, 2.45) is 5.73 Å². The number of anilines is 1. The molecule has 1 aliphatic heterocycles. The van der Waals surface area contributed by atoms with Gasteiger partial charge in [-0.1, -0.05) is 11.6 Å². The van der Waals surface area contributed by atoms with Gasteiger partial charge in [0.05, 0.1) is 18.7 Å². The number of nitrogens with zero attached hydrogens (tertiary/aromatic N) is 1. The van der Waals surface area contributed by atoms with Crippen LogP contribution in [0.5, 0.6) is 5.75 Å². The van der Waals surface area contributed by atoms with Crippen molar-refractivity contribution in [3.63, 3.8) is 0 Å². The first kappa shape index (κ1) is 16.1. The van der Waals surface area contributed by atoms with Crippen LogP contribution in [0, 0.1) is 0 Å². The minimum absolute atomic E-state index is 0.0430. The summed E-state index contributed by atoms with van der Waals surface area (Å²) in [6.45, 7) is 3.34. The first-order valence-electron chi connectivity index (χ1n) is 7.12. The van der Waals surface area contributed by atoms with Crippen LogP contribution >= 0.6 is 11.6 Å². The summed E-state index contributed by atoms with van der Waals surface area (Å²) in [6.07, 6.45) is 1.87. The first-order valence-corrected chi connectivity index (χ1v) is 7.50. The molecule has 1 aliphatic rings. The third-order valence-corrected chi connectivity index (χ3v) is 4.13. The molecule has 1 amide bonds. The topological polar surface area (TPSA) is 67.6 Å². The Hall–Kier alpha value is -1.30. The van der Waals surface area contributed by atoms with Gasteiger partial charge in [-0.25, -0.2) is 0 Å². The van der Waals surface area contributed by atoms with E-state index in [1.54, 1.807) is 25.3 Å². The van der Waals surface area contributed by atoms with E-state index in [1.165, 1.54) is 0 Å². The van der Waals surface area contributed by atoms with Crippen LogP contribution in [0.15, 0.2) is 18.2 Å². The summed E-state index contributed by atoms with van der Waals surface area (Å²) in [7, 11) is 1.56. The van der Waals surface area contributed by atoms with Crippen LogP contribution in [-0.2, 0) is 4.79 Å². The molecule has 2 unspecified atom stereocenters. The second-order valence-electron chi connectivity index (χ2n) is 5.50. The van der Waals surface area contributed by atoms with E-state index in [1.807, 2.05) is 0 Å². The van der Waals surface area contributed by atoms with Gasteiger partial charge in [0.15, 0.2) is 0 Å². The fourth-order valence-electron chi connectivity index (χ4n) is 2.62. The molecule has 0 aromatic heterocycles. The molecule has 2 rings (SSSR count). The number of nitrogens with two attached hydrogens (primary N) is 1. The van der Waals surface area contributed by atoms with Crippen LogP contribution in [-0.4, -0.2) is 43.1 Å². The number of nitrogens with one attached hydrogen (secondary N) is 1. The van der Waals surface area contributed by atoms with Crippen LogP contribution in [0.25, 0.3) is 0 Å². The molecule has 1 aromatic rings. The SMILES string of the molecule is COc1ccc(NC(=O)CN2CCC(N)CC2C)cc1Cl. The lowest BCUT2D eigenvalue weighted by molar-refractivity contribution is -0.118. The fraction of sp³-hybridized carbons (Fsp3) is 0.533. The van der Waals surface area contributed by atoms with Crippen molar-refractivity contribution in [3.05, 3.63) is 23.2 Å². The number of hydrogen-bond acceptors (Lipinski definition) is 4. The molecular weight excluding hydrogens is 290 g/mol. The largest absolute Gasteiger partial charge is 0.495 e. The van der Waals surface area contributed by atoms with Crippen molar-refractivity contribution in [2.45, 2.75) is 31.8 Å². The highest BCUT2D eigenvalue weighted by Crippen LogP contribution is 2.27. The average Bonchev–Trinajstić information content (AvgIpc) is 2.42. The van der Waals surface area contributed by atoms with Gasteiger partial charge in [-0.3, -0.25) is 9.69 Å². The molecule has 1 aromatic carbocycles. The minimum atomic E-state index is -0.0430. The number of carbonyl (C=O) groups is 1. The van der Waals surface area contributed by atoms with Crippen LogP contribution in [0.1, 0.15) is 19.8 Å². The second kappa shape index (κ2) is 7.11. The Bertz CT molecular complexity index is 510. The van der Waals surface area contributed by atoms with Crippen molar-refractivity contribution in [1.29, 1.82) is 0 Å². The highest BCUT2D eigenvalue weighted by atomic mass is 35.5. The van der Waals surface area contributed by atoms with Crippen LogP contribution in [0.2, 0.25) is 5.02 Å². The molecular formula is C15H22ClN3O2. The Kier molecular flexibility index (Phi) is 5.45. The Morgan fingerprint density at radius 2 is 2.33 bits per heavy atom. The van der Waals surface area contributed by atoms with Gasteiger partial charge in [0.25, 0.3) is 0 Å². The minimum Gasteiger partial charge on any atom is -0.495 e. The molecule has 1 heterocycles. The molecule has 116 valence electrons. The number of rotatable bonds is 4. The molecule has 3 N–H and O–H groups in total.